The van der Waals surface area contributed by atoms with Crippen LogP contribution in [-0.4, -0.2) is 27.5 Å². The van der Waals surface area contributed by atoms with Gasteiger partial charge >= 0.3 is 0 Å². The molecule has 2 N–H and O–H groups in total. The highest BCUT2D eigenvalue weighted by Gasteiger charge is 2.17. The van der Waals surface area contributed by atoms with E-state index in [2.05, 4.69) is 24.3 Å². The number of nitrogens with zero attached hydrogens (tertiary/aromatic N) is 2. The van der Waals surface area contributed by atoms with Crippen LogP contribution in [0.3, 0.4) is 0 Å². The van der Waals surface area contributed by atoms with E-state index >= 15 is 0 Å². The van der Waals surface area contributed by atoms with Crippen LogP contribution in [-0.2, 0) is 13.6 Å². The zero-order chi connectivity index (χ0) is 16.1. The lowest BCUT2D eigenvalue weighted by atomic mass is 10.0. The van der Waals surface area contributed by atoms with Gasteiger partial charge in [0, 0.05) is 31.3 Å². The van der Waals surface area contributed by atoms with Crippen molar-refractivity contribution in [3.8, 4) is 11.3 Å². The summed E-state index contributed by atoms with van der Waals surface area (Å²) in [5.74, 6) is 0.283. The van der Waals surface area contributed by atoms with Crippen molar-refractivity contribution in [3.63, 3.8) is 0 Å². The van der Waals surface area contributed by atoms with Gasteiger partial charge in [0.15, 0.2) is 0 Å². The maximum atomic E-state index is 10.0. The number of aliphatic hydroxyl groups excluding tert-OH is 1. The first kappa shape index (κ1) is 17.0. The number of benzene rings is 1. The Balaban J connectivity index is 2.11. The molecule has 0 spiro atoms. The van der Waals surface area contributed by atoms with Crippen LogP contribution in [0.5, 0.6) is 0 Å². The lowest BCUT2D eigenvalue weighted by Gasteiger charge is -2.17. The fourth-order valence-corrected chi connectivity index (χ4v) is 2.54. The van der Waals surface area contributed by atoms with Gasteiger partial charge in [0.1, 0.15) is 5.15 Å². The largest absolute Gasteiger partial charge is 0.392 e. The molecule has 2 atom stereocenters. The smallest absolute Gasteiger partial charge is 0.131 e. The molecular formula is C17H24ClN3O. The Bertz CT molecular complexity index is 597. The Morgan fingerprint density at radius 1 is 1.32 bits per heavy atom. The molecule has 0 amide bonds. The van der Waals surface area contributed by atoms with Crippen LogP contribution >= 0.6 is 11.6 Å². The van der Waals surface area contributed by atoms with E-state index < -0.39 is 0 Å². The Morgan fingerprint density at radius 2 is 2.00 bits per heavy atom. The minimum Gasteiger partial charge on any atom is -0.392 e. The third-order valence-corrected chi connectivity index (χ3v) is 4.55. The number of nitrogens with one attached hydrogen (secondary N) is 1. The standard InChI is InChI=1S/C17H24ClN3O/c1-4-12(2)15(22)11-19-10-14-16(20-21(3)17(14)18)13-8-6-5-7-9-13/h5-9,12,15,19,22H,4,10-11H2,1-3H3. The van der Waals surface area contributed by atoms with Crippen molar-refractivity contribution in [2.45, 2.75) is 32.9 Å². The molecule has 0 saturated heterocycles. The molecule has 2 aromatic rings. The summed E-state index contributed by atoms with van der Waals surface area (Å²) < 4.78 is 1.69. The lowest BCUT2D eigenvalue weighted by molar-refractivity contribution is 0.113. The molecule has 1 aromatic heterocycles. The monoisotopic (exact) mass is 321 g/mol. The molecule has 0 fully saturated rings. The molecule has 0 bridgehead atoms. The molecule has 4 nitrogen and oxygen atoms in total. The highest BCUT2D eigenvalue weighted by Crippen LogP contribution is 2.28. The predicted molar refractivity (Wildman–Crippen MR) is 90.8 cm³/mol. The van der Waals surface area contributed by atoms with Crippen molar-refractivity contribution in [1.29, 1.82) is 0 Å². The Hall–Kier alpha value is -1.36. The van der Waals surface area contributed by atoms with Gasteiger partial charge in [-0.25, -0.2) is 0 Å². The fourth-order valence-electron chi connectivity index (χ4n) is 2.35. The van der Waals surface area contributed by atoms with E-state index in [-0.39, 0.29) is 12.0 Å². The van der Waals surface area contributed by atoms with Gasteiger partial charge in [-0.1, -0.05) is 62.2 Å². The number of aromatic nitrogens is 2. The van der Waals surface area contributed by atoms with E-state index in [4.69, 9.17) is 11.6 Å². The van der Waals surface area contributed by atoms with E-state index in [1.807, 2.05) is 37.4 Å². The molecule has 0 aliphatic carbocycles. The van der Waals surface area contributed by atoms with Crippen molar-refractivity contribution < 1.29 is 5.11 Å². The van der Waals surface area contributed by atoms with Crippen molar-refractivity contribution >= 4 is 11.6 Å². The highest BCUT2D eigenvalue weighted by atomic mass is 35.5. The number of halogens is 1. The maximum absolute atomic E-state index is 10.0. The molecule has 0 aliphatic heterocycles. The average molecular weight is 322 g/mol. The van der Waals surface area contributed by atoms with Crippen LogP contribution in [0.15, 0.2) is 30.3 Å². The van der Waals surface area contributed by atoms with E-state index in [0.29, 0.717) is 18.2 Å². The van der Waals surface area contributed by atoms with Gasteiger partial charge in [-0.3, -0.25) is 4.68 Å². The van der Waals surface area contributed by atoms with Crippen LogP contribution in [0.25, 0.3) is 11.3 Å². The topological polar surface area (TPSA) is 50.1 Å². The zero-order valence-corrected chi connectivity index (χ0v) is 14.1. The SMILES string of the molecule is CCC(C)C(O)CNCc1c(-c2ccccc2)nn(C)c1Cl. The molecule has 0 saturated carbocycles. The highest BCUT2D eigenvalue weighted by molar-refractivity contribution is 6.30. The Labute approximate surface area is 137 Å². The van der Waals surface area contributed by atoms with Crippen molar-refractivity contribution in [3.05, 3.63) is 41.0 Å². The fraction of sp³-hybridized carbons (Fsp3) is 0.471. The van der Waals surface area contributed by atoms with Gasteiger partial charge in [0.05, 0.1) is 11.8 Å². The van der Waals surface area contributed by atoms with Gasteiger partial charge in [0.2, 0.25) is 0 Å². The van der Waals surface area contributed by atoms with Crippen LogP contribution in [0, 0.1) is 5.92 Å². The van der Waals surface area contributed by atoms with Crippen LogP contribution in [0.2, 0.25) is 5.15 Å². The first-order valence-corrected chi connectivity index (χ1v) is 8.08. The second-order valence-corrected chi connectivity index (χ2v) is 6.05. The second-order valence-electron chi connectivity index (χ2n) is 5.69. The Morgan fingerprint density at radius 3 is 2.64 bits per heavy atom. The molecule has 22 heavy (non-hydrogen) atoms. The third-order valence-electron chi connectivity index (χ3n) is 4.07. The molecule has 0 aliphatic rings. The van der Waals surface area contributed by atoms with Crippen molar-refractivity contribution in [1.82, 2.24) is 15.1 Å². The number of hydrogen-bond donors (Lipinski definition) is 2. The molecule has 1 aromatic carbocycles. The quantitative estimate of drug-likeness (QED) is 0.823. The summed E-state index contributed by atoms with van der Waals surface area (Å²) in [6, 6.07) is 10.0. The molecule has 2 rings (SSSR count). The summed E-state index contributed by atoms with van der Waals surface area (Å²) in [5.41, 5.74) is 2.90. The van der Waals surface area contributed by atoms with Gasteiger partial charge < -0.3 is 10.4 Å². The molecule has 5 heteroatoms. The van der Waals surface area contributed by atoms with E-state index in [1.165, 1.54) is 0 Å². The summed E-state index contributed by atoms with van der Waals surface area (Å²) >= 11 is 6.37. The molecule has 1 heterocycles. The average Bonchev–Trinajstić information content (AvgIpc) is 2.83. The zero-order valence-electron chi connectivity index (χ0n) is 13.4. The maximum Gasteiger partial charge on any atom is 0.131 e. The number of hydrogen-bond acceptors (Lipinski definition) is 3. The normalized spacial score (nSPS) is 14.0. The van der Waals surface area contributed by atoms with Crippen LogP contribution in [0.1, 0.15) is 25.8 Å². The minimum atomic E-state index is -0.347. The van der Waals surface area contributed by atoms with Gasteiger partial charge in [-0.15, -0.1) is 0 Å². The van der Waals surface area contributed by atoms with Crippen LogP contribution in [0.4, 0.5) is 0 Å². The summed E-state index contributed by atoms with van der Waals surface area (Å²) in [5, 5.41) is 18.5. The van der Waals surface area contributed by atoms with Gasteiger partial charge in [0.25, 0.3) is 0 Å². The minimum absolute atomic E-state index is 0.283. The van der Waals surface area contributed by atoms with Crippen molar-refractivity contribution in [2.24, 2.45) is 13.0 Å². The summed E-state index contributed by atoms with van der Waals surface area (Å²) in [6.45, 7) is 5.27. The Kier molecular flexibility index (Phi) is 6.00. The molecule has 2 unspecified atom stereocenters. The number of rotatable bonds is 7. The van der Waals surface area contributed by atoms with Gasteiger partial charge in [-0.05, 0) is 5.92 Å². The third kappa shape index (κ3) is 3.88. The number of aryl methyl sites for hydroxylation is 1. The molecule has 0 radical (unpaired) electrons. The van der Waals surface area contributed by atoms with Crippen molar-refractivity contribution in [2.75, 3.05) is 6.54 Å². The van der Waals surface area contributed by atoms with Crippen LogP contribution < -0.4 is 5.32 Å². The molecule has 120 valence electrons. The predicted octanol–water partition coefficient (Wildman–Crippen LogP) is 3.24. The van der Waals surface area contributed by atoms with E-state index in [0.717, 1.165) is 23.2 Å². The number of aliphatic hydroxyl groups is 1. The van der Waals surface area contributed by atoms with E-state index in [1.54, 1.807) is 4.68 Å². The summed E-state index contributed by atoms with van der Waals surface area (Å²) in [6.07, 6.45) is 0.617. The molecular weight excluding hydrogens is 298 g/mol. The first-order chi connectivity index (χ1) is 10.5. The van der Waals surface area contributed by atoms with E-state index in [9.17, 15) is 5.11 Å². The summed E-state index contributed by atoms with van der Waals surface area (Å²) in [7, 11) is 1.84. The first-order valence-electron chi connectivity index (χ1n) is 7.70. The van der Waals surface area contributed by atoms with Gasteiger partial charge in [-0.2, -0.15) is 5.10 Å². The summed E-state index contributed by atoms with van der Waals surface area (Å²) in [4.78, 5) is 0. The lowest BCUT2D eigenvalue weighted by Crippen LogP contribution is -2.31. The second kappa shape index (κ2) is 7.77.